The fourth-order valence-corrected chi connectivity index (χ4v) is 3.72. The van der Waals surface area contributed by atoms with Crippen LogP contribution in [0.25, 0.3) is 0 Å². The van der Waals surface area contributed by atoms with E-state index in [1.165, 1.54) is 38.6 Å². The fraction of sp³-hybridized carbons (Fsp3) is 1.00. The molecule has 2 fully saturated rings. The number of piperidine rings is 2. The van der Waals surface area contributed by atoms with E-state index in [4.69, 9.17) is 0 Å². The normalized spacial score (nSPS) is 27.5. The number of hydrogen-bond acceptors (Lipinski definition) is 4. The SMILES string of the molecule is CS(=O)(=O)NCC1CCCN(CC2CCNCC2)C1. The van der Waals surface area contributed by atoms with E-state index in [1.807, 2.05) is 0 Å². The van der Waals surface area contributed by atoms with E-state index >= 15 is 0 Å². The average Bonchev–Trinajstić information content (AvgIpc) is 2.37. The van der Waals surface area contributed by atoms with Crippen molar-refractivity contribution in [2.24, 2.45) is 11.8 Å². The lowest BCUT2D eigenvalue weighted by atomic mass is 9.94. The van der Waals surface area contributed by atoms with E-state index in [-0.39, 0.29) is 0 Å². The van der Waals surface area contributed by atoms with Crippen LogP contribution in [0.3, 0.4) is 0 Å². The first-order valence-corrected chi connectivity index (χ1v) is 9.30. The standard InChI is InChI=1S/C13H27N3O2S/c1-19(17,18)15-9-13-3-2-8-16(11-13)10-12-4-6-14-7-5-12/h12-15H,2-11H2,1H3. The van der Waals surface area contributed by atoms with Crippen LogP contribution in [0.15, 0.2) is 0 Å². The Labute approximate surface area is 117 Å². The third-order valence-electron chi connectivity index (χ3n) is 4.21. The number of likely N-dealkylation sites (tertiary alicyclic amines) is 1. The van der Waals surface area contributed by atoms with Crippen LogP contribution < -0.4 is 10.0 Å². The minimum atomic E-state index is -3.04. The minimum absolute atomic E-state index is 0.477. The molecule has 1 atom stereocenters. The molecule has 0 aromatic rings. The molecule has 1 unspecified atom stereocenters. The molecule has 2 N–H and O–H groups in total. The summed E-state index contributed by atoms with van der Waals surface area (Å²) >= 11 is 0. The summed E-state index contributed by atoms with van der Waals surface area (Å²) in [6, 6.07) is 0. The van der Waals surface area contributed by atoms with Gasteiger partial charge in [0.1, 0.15) is 0 Å². The fourth-order valence-electron chi connectivity index (χ4n) is 3.18. The van der Waals surface area contributed by atoms with E-state index in [2.05, 4.69) is 14.9 Å². The van der Waals surface area contributed by atoms with Crippen LogP contribution >= 0.6 is 0 Å². The first-order chi connectivity index (χ1) is 9.03. The van der Waals surface area contributed by atoms with Gasteiger partial charge in [0.2, 0.25) is 10.0 Å². The van der Waals surface area contributed by atoms with E-state index in [1.54, 1.807) is 0 Å². The Hall–Kier alpha value is -0.170. The third-order valence-corrected chi connectivity index (χ3v) is 4.90. The molecule has 0 spiro atoms. The van der Waals surface area contributed by atoms with Gasteiger partial charge < -0.3 is 10.2 Å². The van der Waals surface area contributed by atoms with Crippen molar-refractivity contribution in [1.82, 2.24) is 14.9 Å². The lowest BCUT2D eigenvalue weighted by molar-refractivity contribution is 0.141. The van der Waals surface area contributed by atoms with Crippen LogP contribution in [0, 0.1) is 11.8 Å². The molecule has 2 heterocycles. The molecule has 0 bridgehead atoms. The Balaban J connectivity index is 1.73. The maximum absolute atomic E-state index is 11.1. The molecular formula is C13H27N3O2S. The van der Waals surface area contributed by atoms with Gasteiger partial charge in [-0.25, -0.2) is 13.1 Å². The van der Waals surface area contributed by atoms with Crippen LogP contribution in [0.4, 0.5) is 0 Å². The van der Waals surface area contributed by atoms with E-state index in [0.29, 0.717) is 12.5 Å². The first-order valence-electron chi connectivity index (χ1n) is 7.40. The number of sulfonamides is 1. The molecule has 0 aromatic heterocycles. The van der Waals surface area contributed by atoms with E-state index in [0.717, 1.165) is 32.0 Å². The van der Waals surface area contributed by atoms with Crippen LogP contribution in [0.1, 0.15) is 25.7 Å². The molecule has 2 aliphatic rings. The van der Waals surface area contributed by atoms with Gasteiger partial charge in [0.15, 0.2) is 0 Å². The van der Waals surface area contributed by atoms with E-state index < -0.39 is 10.0 Å². The number of nitrogens with one attached hydrogen (secondary N) is 2. The maximum Gasteiger partial charge on any atom is 0.208 e. The molecule has 6 heteroatoms. The molecule has 2 aliphatic heterocycles. The van der Waals surface area contributed by atoms with Crippen molar-refractivity contribution in [2.75, 3.05) is 45.5 Å². The van der Waals surface area contributed by atoms with Gasteiger partial charge in [0.05, 0.1) is 6.26 Å². The lowest BCUT2D eigenvalue weighted by Gasteiger charge is -2.36. The van der Waals surface area contributed by atoms with Crippen molar-refractivity contribution in [2.45, 2.75) is 25.7 Å². The Bertz CT molecular complexity index is 366. The molecule has 0 saturated carbocycles. The quantitative estimate of drug-likeness (QED) is 0.761. The highest BCUT2D eigenvalue weighted by Gasteiger charge is 2.23. The van der Waals surface area contributed by atoms with Gasteiger partial charge in [-0.15, -0.1) is 0 Å². The molecule has 0 amide bonds. The second-order valence-electron chi connectivity index (χ2n) is 6.08. The Morgan fingerprint density at radius 3 is 2.63 bits per heavy atom. The lowest BCUT2D eigenvalue weighted by Crippen LogP contribution is -2.44. The summed E-state index contributed by atoms with van der Waals surface area (Å²) in [7, 11) is -3.04. The Morgan fingerprint density at radius 2 is 1.95 bits per heavy atom. The molecule has 112 valence electrons. The largest absolute Gasteiger partial charge is 0.317 e. The highest BCUT2D eigenvalue weighted by atomic mass is 32.2. The van der Waals surface area contributed by atoms with E-state index in [9.17, 15) is 8.42 Å². The van der Waals surface area contributed by atoms with Crippen molar-refractivity contribution < 1.29 is 8.42 Å². The summed E-state index contributed by atoms with van der Waals surface area (Å²) in [4.78, 5) is 2.54. The molecule has 0 aromatic carbocycles. The highest BCUT2D eigenvalue weighted by Crippen LogP contribution is 2.20. The molecule has 0 radical (unpaired) electrons. The predicted octanol–water partition coefficient (Wildman–Crippen LogP) is 0.247. The van der Waals surface area contributed by atoms with Crippen LogP contribution in [-0.4, -0.2) is 58.8 Å². The van der Waals surface area contributed by atoms with Gasteiger partial charge >= 0.3 is 0 Å². The van der Waals surface area contributed by atoms with Gasteiger partial charge in [-0.2, -0.15) is 0 Å². The van der Waals surface area contributed by atoms with Gasteiger partial charge in [-0.3, -0.25) is 0 Å². The Kier molecular flexibility index (Phi) is 5.62. The van der Waals surface area contributed by atoms with Crippen LogP contribution in [-0.2, 0) is 10.0 Å². The number of nitrogens with zero attached hydrogens (tertiary/aromatic N) is 1. The molecule has 19 heavy (non-hydrogen) atoms. The average molecular weight is 289 g/mol. The molecule has 2 rings (SSSR count). The van der Waals surface area contributed by atoms with Crippen molar-refractivity contribution in [3.05, 3.63) is 0 Å². The molecule has 5 nitrogen and oxygen atoms in total. The number of rotatable bonds is 5. The highest BCUT2D eigenvalue weighted by molar-refractivity contribution is 7.88. The summed E-state index contributed by atoms with van der Waals surface area (Å²) in [6.07, 6.45) is 6.14. The van der Waals surface area contributed by atoms with Gasteiger partial charge in [0.25, 0.3) is 0 Å². The van der Waals surface area contributed by atoms with Crippen molar-refractivity contribution in [1.29, 1.82) is 0 Å². The molecule has 0 aliphatic carbocycles. The molecule has 2 saturated heterocycles. The second kappa shape index (κ2) is 7.02. The second-order valence-corrected chi connectivity index (χ2v) is 7.91. The van der Waals surface area contributed by atoms with Crippen molar-refractivity contribution >= 4 is 10.0 Å². The third kappa shape index (κ3) is 5.77. The van der Waals surface area contributed by atoms with Crippen LogP contribution in [0.2, 0.25) is 0 Å². The predicted molar refractivity (Wildman–Crippen MR) is 77.6 cm³/mol. The number of hydrogen-bond donors (Lipinski definition) is 2. The maximum atomic E-state index is 11.1. The first kappa shape index (κ1) is 15.2. The van der Waals surface area contributed by atoms with Gasteiger partial charge in [-0.05, 0) is 57.2 Å². The summed E-state index contributed by atoms with van der Waals surface area (Å²) in [5, 5.41) is 3.40. The van der Waals surface area contributed by atoms with Crippen LogP contribution in [0.5, 0.6) is 0 Å². The summed E-state index contributed by atoms with van der Waals surface area (Å²) in [6.45, 7) is 6.32. The molecular weight excluding hydrogens is 262 g/mol. The monoisotopic (exact) mass is 289 g/mol. The zero-order chi connectivity index (χ0) is 13.7. The summed E-state index contributed by atoms with van der Waals surface area (Å²) in [5.41, 5.74) is 0. The van der Waals surface area contributed by atoms with Crippen molar-refractivity contribution in [3.63, 3.8) is 0 Å². The summed E-state index contributed by atoms with van der Waals surface area (Å²) in [5.74, 6) is 1.30. The zero-order valence-corrected chi connectivity index (χ0v) is 12.7. The summed E-state index contributed by atoms with van der Waals surface area (Å²) < 4.78 is 24.9. The zero-order valence-electron chi connectivity index (χ0n) is 11.9. The van der Waals surface area contributed by atoms with Gasteiger partial charge in [-0.1, -0.05) is 0 Å². The topological polar surface area (TPSA) is 61.4 Å². The Morgan fingerprint density at radius 1 is 1.21 bits per heavy atom. The minimum Gasteiger partial charge on any atom is -0.317 e. The van der Waals surface area contributed by atoms with Crippen molar-refractivity contribution in [3.8, 4) is 0 Å². The smallest absolute Gasteiger partial charge is 0.208 e. The van der Waals surface area contributed by atoms with Gasteiger partial charge in [0, 0.05) is 19.6 Å².